The van der Waals surface area contributed by atoms with Crippen LogP contribution in [-0.2, 0) is 6.54 Å². The molecule has 10 heteroatoms. The lowest BCUT2D eigenvalue weighted by molar-refractivity contribution is -0.274. The number of nitrogens with one attached hydrogen (secondary N) is 1. The number of ether oxygens (including phenoxy) is 1. The second-order valence-corrected chi connectivity index (χ2v) is 6.71. The summed E-state index contributed by atoms with van der Waals surface area (Å²) in [6.45, 7) is 0.120. The number of hydrogen-bond acceptors (Lipinski definition) is 5. The molecule has 150 valence electrons. The lowest BCUT2D eigenvalue weighted by Crippen LogP contribution is -2.22. The minimum Gasteiger partial charge on any atom is -0.478 e. The van der Waals surface area contributed by atoms with Crippen molar-refractivity contribution in [2.75, 3.05) is 0 Å². The van der Waals surface area contributed by atoms with Crippen LogP contribution in [0.15, 0.2) is 54.0 Å². The molecular weight excluding hydrogens is 409 g/mol. The lowest BCUT2D eigenvalue weighted by Gasteiger charge is -2.08. The van der Waals surface area contributed by atoms with Crippen LogP contribution in [0.5, 0.6) is 5.75 Å². The molecule has 0 aliphatic rings. The Labute approximate surface area is 166 Å². The number of amides is 1. The first kappa shape index (κ1) is 20.3. The average Bonchev–Trinajstić information content (AvgIpc) is 3.16. The first-order chi connectivity index (χ1) is 13.7. The average molecular weight is 422 g/mol. The van der Waals surface area contributed by atoms with Gasteiger partial charge in [-0.1, -0.05) is 12.1 Å². The van der Waals surface area contributed by atoms with E-state index in [9.17, 15) is 22.8 Å². The Kier molecular flexibility index (Phi) is 5.83. The van der Waals surface area contributed by atoms with Crippen molar-refractivity contribution in [1.29, 1.82) is 0 Å². The molecule has 6 nitrogen and oxygen atoms in total. The zero-order chi connectivity index (χ0) is 21.0. The molecule has 2 N–H and O–H groups in total. The summed E-state index contributed by atoms with van der Waals surface area (Å²) in [5.41, 5.74) is 1.87. The molecule has 0 saturated carbocycles. The van der Waals surface area contributed by atoms with Crippen molar-refractivity contribution in [1.82, 2.24) is 10.3 Å². The molecule has 1 aromatic carbocycles. The van der Waals surface area contributed by atoms with Crippen molar-refractivity contribution in [3.8, 4) is 16.9 Å². The maximum atomic E-state index is 12.3. The number of carboxylic acid groups (broad SMARTS) is 1. The normalized spacial score (nSPS) is 11.1. The van der Waals surface area contributed by atoms with Gasteiger partial charge in [0.1, 0.15) is 5.75 Å². The molecule has 3 aromatic rings. The van der Waals surface area contributed by atoms with Crippen LogP contribution in [0, 0.1) is 0 Å². The molecule has 1 amide bonds. The van der Waals surface area contributed by atoms with E-state index < -0.39 is 12.3 Å². The molecule has 0 unspecified atom stereocenters. The SMILES string of the molecule is O=C(O)c1ccc(CNC(=O)c2cc(-c3ccc(OC(F)(F)F)cc3)cs2)nc1. The summed E-state index contributed by atoms with van der Waals surface area (Å²) in [6.07, 6.45) is -3.54. The van der Waals surface area contributed by atoms with Crippen molar-refractivity contribution in [2.24, 2.45) is 0 Å². The van der Waals surface area contributed by atoms with Gasteiger partial charge in [-0.2, -0.15) is 0 Å². The quantitative estimate of drug-likeness (QED) is 0.617. The van der Waals surface area contributed by atoms with Crippen LogP contribution in [0.25, 0.3) is 11.1 Å². The molecule has 2 heterocycles. The molecule has 29 heavy (non-hydrogen) atoms. The number of carboxylic acids is 1. The number of rotatable bonds is 6. The number of carbonyl (C=O) groups is 2. The van der Waals surface area contributed by atoms with Crippen molar-refractivity contribution in [3.05, 3.63) is 70.2 Å². The van der Waals surface area contributed by atoms with Crippen LogP contribution in [-0.4, -0.2) is 28.3 Å². The molecule has 0 saturated heterocycles. The van der Waals surface area contributed by atoms with Crippen LogP contribution in [0.2, 0.25) is 0 Å². The third-order valence-electron chi connectivity index (χ3n) is 3.75. The Morgan fingerprint density at radius 2 is 1.83 bits per heavy atom. The third-order valence-corrected chi connectivity index (χ3v) is 4.68. The lowest BCUT2D eigenvalue weighted by atomic mass is 10.1. The van der Waals surface area contributed by atoms with E-state index in [0.29, 0.717) is 21.7 Å². The fourth-order valence-electron chi connectivity index (χ4n) is 2.37. The number of aromatic carboxylic acids is 1. The fourth-order valence-corrected chi connectivity index (χ4v) is 3.20. The van der Waals surface area contributed by atoms with Crippen LogP contribution in [0.4, 0.5) is 13.2 Å². The van der Waals surface area contributed by atoms with Crippen molar-refractivity contribution < 1.29 is 32.6 Å². The highest BCUT2D eigenvalue weighted by molar-refractivity contribution is 7.12. The van der Waals surface area contributed by atoms with E-state index in [1.807, 2.05) is 0 Å². The topological polar surface area (TPSA) is 88.5 Å². The van der Waals surface area contributed by atoms with Gasteiger partial charge in [-0.25, -0.2) is 4.79 Å². The van der Waals surface area contributed by atoms with E-state index >= 15 is 0 Å². The van der Waals surface area contributed by atoms with Crippen LogP contribution < -0.4 is 10.1 Å². The largest absolute Gasteiger partial charge is 0.573 e. The summed E-state index contributed by atoms with van der Waals surface area (Å²) >= 11 is 1.19. The Morgan fingerprint density at radius 3 is 2.41 bits per heavy atom. The van der Waals surface area contributed by atoms with Crippen molar-refractivity contribution >= 4 is 23.2 Å². The van der Waals surface area contributed by atoms with Gasteiger partial charge < -0.3 is 15.2 Å². The van der Waals surface area contributed by atoms with E-state index in [2.05, 4.69) is 15.0 Å². The zero-order valence-corrected chi connectivity index (χ0v) is 15.4. The monoisotopic (exact) mass is 422 g/mol. The zero-order valence-electron chi connectivity index (χ0n) is 14.6. The maximum Gasteiger partial charge on any atom is 0.573 e. The standard InChI is InChI=1S/C19H13F3N2O4S/c20-19(21,22)28-15-5-2-11(3-6-15)13-7-16(29-10-13)17(25)24-9-14-4-1-12(8-23-14)18(26)27/h1-8,10H,9H2,(H,24,25)(H,26,27). The van der Waals surface area contributed by atoms with Gasteiger partial charge in [0.25, 0.3) is 5.91 Å². The molecular formula is C19H13F3N2O4S. The van der Waals surface area contributed by atoms with Crippen molar-refractivity contribution in [3.63, 3.8) is 0 Å². The minimum atomic E-state index is -4.75. The smallest absolute Gasteiger partial charge is 0.478 e. The molecule has 0 aliphatic heterocycles. The Hall–Kier alpha value is -3.40. The molecule has 0 aliphatic carbocycles. The predicted molar refractivity (Wildman–Crippen MR) is 98.8 cm³/mol. The van der Waals surface area contributed by atoms with Crippen LogP contribution >= 0.6 is 11.3 Å². The Morgan fingerprint density at radius 1 is 1.10 bits per heavy atom. The van der Waals surface area contributed by atoms with Gasteiger partial charge in [0.2, 0.25) is 0 Å². The molecule has 3 rings (SSSR count). The van der Waals surface area contributed by atoms with Gasteiger partial charge in [-0.3, -0.25) is 9.78 Å². The number of aromatic nitrogens is 1. The highest BCUT2D eigenvalue weighted by atomic mass is 32.1. The van der Waals surface area contributed by atoms with Gasteiger partial charge in [0.15, 0.2) is 0 Å². The highest BCUT2D eigenvalue weighted by Crippen LogP contribution is 2.29. The van der Waals surface area contributed by atoms with E-state index in [1.54, 1.807) is 11.4 Å². The summed E-state index contributed by atoms with van der Waals surface area (Å²) in [5, 5.41) is 13.2. The number of alkyl halides is 3. The van der Waals surface area contributed by atoms with E-state index in [0.717, 1.165) is 0 Å². The Bertz CT molecular complexity index is 1020. The molecule has 2 aromatic heterocycles. The fraction of sp³-hybridized carbons (Fsp3) is 0.105. The van der Waals surface area contributed by atoms with Gasteiger partial charge in [-0.05, 0) is 46.8 Å². The summed E-state index contributed by atoms with van der Waals surface area (Å²) < 4.78 is 40.5. The first-order valence-corrected chi connectivity index (χ1v) is 9.00. The summed E-state index contributed by atoms with van der Waals surface area (Å²) in [6, 6.07) is 9.87. The summed E-state index contributed by atoms with van der Waals surface area (Å²) in [7, 11) is 0. The molecule has 0 spiro atoms. The highest BCUT2D eigenvalue weighted by Gasteiger charge is 2.31. The number of pyridine rings is 1. The number of thiophene rings is 1. The third kappa shape index (κ3) is 5.55. The number of halogens is 3. The number of nitrogens with zero attached hydrogens (tertiary/aromatic N) is 1. The predicted octanol–water partition coefficient (Wildman–Crippen LogP) is 4.34. The first-order valence-electron chi connectivity index (χ1n) is 8.12. The van der Waals surface area contributed by atoms with Crippen LogP contribution in [0.1, 0.15) is 25.7 Å². The second-order valence-electron chi connectivity index (χ2n) is 5.80. The second kappa shape index (κ2) is 8.31. The molecule has 0 atom stereocenters. The number of benzene rings is 1. The molecule has 0 fully saturated rings. The summed E-state index contributed by atoms with van der Waals surface area (Å²) in [5.74, 6) is -1.75. The van der Waals surface area contributed by atoms with E-state index in [4.69, 9.17) is 5.11 Å². The maximum absolute atomic E-state index is 12.3. The van der Waals surface area contributed by atoms with Gasteiger partial charge in [0.05, 0.1) is 22.7 Å². The van der Waals surface area contributed by atoms with Gasteiger partial charge in [0, 0.05) is 6.20 Å². The number of carbonyl (C=O) groups excluding carboxylic acids is 1. The van der Waals surface area contributed by atoms with E-state index in [1.165, 1.54) is 53.9 Å². The van der Waals surface area contributed by atoms with E-state index in [-0.39, 0.29) is 23.8 Å². The molecule has 0 radical (unpaired) electrons. The minimum absolute atomic E-state index is 0.0506. The molecule has 0 bridgehead atoms. The van der Waals surface area contributed by atoms with Gasteiger partial charge in [-0.15, -0.1) is 24.5 Å². The van der Waals surface area contributed by atoms with Crippen LogP contribution in [0.3, 0.4) is 0 Å². The van der Waals surface area contributed by atoms with Crippen molar-refractivity contribution in [2.45, 2.75) is 12.9 Å². The van der Waals surface area contributed by atoms with Gasteiger partial charge >= 0.3 is 12.3 Å². The number of hydrogen-bond donors (Lipinski definition) is 2. The summed E-state index contributed by atoms with van der Waals surface area (Å²) in [4.78, 5) is 27.5. The Balaban J connectivity index is 1.61.